The molecule has 0 aliphatic heterocycles. The first kappa shape index (κ1) is 10.4. The molecule has 14 heavy (non-hydrogen) atoms. The van der Waals surface area contributed by atoms with Gasteiger partial charge in [0, 0.05) is 6.42 Å². The maximum absolute atomic E-state index is 10.7. The Labute approximate surface area is 82.4 Å². The summed E-state index contributed by atoms with van der Waals surface area (Å²) in [4.78, 5) is 20.9. The SMILES string of the molecule is CC(C(=O)O)c1ccc(CC=O)cc1. The van der Waals surface area contributed by atoms with Crippen LogP contribution < -0.4 is 0 Å². The maximum Gasteiger partial charge on any atom is 0.310 e. The zero-order chi connectivity index (χ0) is 10.6. The fourth-order valence-corrected chi connectivity index (χ4v) is 1.18. The molecule has 1 aromatic rings. The van der Waals surface area contributed by atoms with Crippen molar-refractivity contribution >= 4 is 12.3 Å². The topological polar surface area (TPSA) is 54.4 Å². The summed E-state index contributed by atoms with van der Waals surface area (Å²) < 4.78 is 0. The Morgan fingerprint density at radius 3 is 2.43 bits per heavy atom. The zero-order valence-corrected chi connectivity index (χ0v) is 7.93. The van der Waals surface area contributed by atoms with Gasteiger partial charge in [-0.2, -0.15) is 0 Å². The van der Waals surface area contributed by atoms with Crippen LogP contribution in [0.5, 0.6) is 0 Å². The molecule has 1 rings (SSSR count). The predicted molar refractivity (Wildman–Crippen MR) is 52.3 cm³/mol. The standard InChI is InChI=1S/C11H12O3/c1-8(11(13)14)10-4-2-9(3-5-10)6-7-12/h2-5,7-8H,6H2,1H3,(H,13,14). The van der Waals surface area contributed by atoms with Gasteiger partial charge in [-0.1, -0.05) is 24.3 Å². The number of hydrogen-bond donors (Lipinski definition) is 1. The van der Waals surface area contributed by atoms with Crippen molar-refractivity contribution in [2.75, 3.05) is 0 Å². The summed E-state index contributed by atoms with van der Waals surface area (Å²) >= 11 is 0. The molecule has 0 saturated heterocycles. The number of carboxylic acid groups (broad SMARTS) is 1. The summed E-state index contributed by atoms with van der Waals surface area (Å²) in [6.45, 7) is 1.64. The van der Waals surface area contributed by atoms with Gasteiger partial charge in [-0.05, 0) is 18.1 Å². The quantitative estimate of drug-likeness (QED) is 0.737. The number of hydrogen-bond acceptors (Lipinski definition) is 2. The van der Waals surface area contributed by atoms with E-state index >= 15 is 0 Å². The number of rotatable bonds is 4. The molecular weight excluding hydrogens is 180 g/mol. The van der Waals surface area contributed by atoms with Crippen LogP contribution in [0, 0.1) is 0 Å². The third-order valence-electron chi connectivity index (χ3n) is 2.17. The summed E-state index contributed by atoms with van der Waals surface area (Å²) in [6.07, 6.45) is 1.21. The van der Waals surface area contributed by atoms with Crippen LogP contribution in [0.15, 0.2) is 24.3 Å². The molecule has 74 valence electrons. The normalized spacial score (nSPS) is 12.1. The van der Waals surface area contributed by atoms with Crippen LogP contribution >= 0.6 is 0 Å². The van der Waals surface area contributed by atoms with E-state index < -0.39 is 11.9 Å². The van der Waals surface area contributed by atoms with Crippen molar-refractivity contribution in [1.82, 2.24) is 0 Å². The molecule has 0 fully saturated rings. The molecule has 3 nitrogen and oxygen atoms in total. The highest BCUT2D eigenvalue weighted by molar-refractivity contribution is 5.75. The van der Waals surface area contributed by atoms with E-state index in [0.717, 1.165) is 17.4 Å². The fraction of sp³-hybridized carbons (Fsp3) is 0.273. The van der Waals surface area contributed by atoms with E-state index in [1.54, 1.807) is 31.2 Å². The first-order valence-electron chi connectivity index (χ1n) is 4.40. The number of aldehydes is 1. The number of carbonyl (C=O) groups excluding carboxylic acids is 1. The first-order chi connectivity index (χ1) is 6.65. The fourth-order valence-electron chi connectivity index (χ4n) is 1.18. The van der Waals surface area contributed by atoms with Gasteiger partial charge in [0.05, 0.1) is 5.92 Å². The number of benzene rings is 1. The van der Waals surface area contributed by atoms with Crippen LogP contribution in [0.25, 0.3) is 0 Å². The molecule has 0 aliphatic rings. The van der Waals surface area contributed by atoms with Crippen LogP contribution in [0.4, 0.5) is 0 Å². The summed E-state index contributed by atoms with van der Waals surface area (Å²) in [7, 11) is 0. The minimum Gasteiger partial charge on any atom is -0.481 e. The van der Waals surface area contributed by atoms with E-state index in [-0.39, 0.29) is 0 Å². The Balaban J connectivity index is 2.82. The lowest BCUT2D eigenvalue weighted by Crippen LogP contribution is -2.07. The van der Waals surface area contributed by atoms with Gasteiger partial charge in [0.1, 0.15) is 6.29 Å². The number of carboxylic acids is 1. The molecule has 0 aromatic heterocycles. The van der Waals surface area contributed by atoms with Crippen LogP contribution in [0.1, 0.15) is 24.0 Å². The van der Waals surface area contributed by atoms with E-state index in [2.05, 4.69) is 0 Å². The van der Waals surface area contributed by atoms with Gasteiger partial charge in [-0.3, -0.25) is 4.79 Å². The second-order valence-electron chi connectivity index (χ2n) is 3.17. The predicted octanol–water partition coefficient (Wildman–Crippen LogP) is 1.62. The Morgan fingerprint density at radius 1 is 1.43 bits per heavy atom. The Bertz CT molecular complexity index is 327. The van der Waals surface area contributed by atoms with E-state index in [1.165, 1.54) is 0 Å². The first-order valence-corrected chi connectivity index (χ1v) is 4.40. The summed E-state index contributed by atoms with van der Waals surface area (Å²) in [6, 6.07) is 7.06. The Kier molecular flexibility index (Phi) is 3.40. The molecule has 0 amide bonds. The van der Waals surface area contributed by atoms with Crippen molar-refractivity contribution in [3.05, 3.63) is 35.4 Å². The molecule has 1 unspecified atom stereocenters. The highest BCUT2D eigenvalue weighted by Crippen LogP contribution is 2.15. The van der Waals surface area contributed by atoms with Crippen LogP contribution in [-0.4, -0.2) is 17.4 Å². The van der Waals surface area contributed by atoms with E-state index in [0.29, 0.717) is 6.42 Å². The van der Waals surface area contributed by atoms with Gasteiger partial charge < -0.3 is 9.90 Å². The molecule has 0 spiro atoms. The van der Waals surface area contributed by atoms with E-state index in [1.807, 2.05) is 0 Å². The largest absolute Gasteiger partial charge is 0.481 e. The Hall–Kier alpha value is -1.64. The van der Waals surface area contributed by atoms with Crippen molar-refractivity contribution in [2.24, 2.45) is 0 Å². The lowest BCUT2D eigenvalue weighted by molar-refractivity contribution is -0.138. The smallest absolute Gasteiger partial charge is 0.310 e. The average molecular weight is 192 g/mol. The van der Waals surface area contributed by atoms with Crippen molar-refractivity contribution in [3.8, 4) is 0 Å². The average Bonchev–Trinajstić information content (AvgIpc) is 2.18. The summed E-state index contributed by atoms with van der Waals surface area (Å²) in [5.41, 5.74) is 1.66. The van der Waals surface area contributed by atoms with E-state index in [9.17, 15) is 9.59 Å². The number of carbonyl (C=O) groups is 2. The minimum absolute atomic E-state index is 0.377. The van der Waals surface area contributed by atoms with Gasteiger partial charge in [0.25, 0.3) is 0 Å². The lowest BCUT2D eigenvalue weighted by Gasteiger charge is -2.06. The molecule has 0 heterocycles. The van der Waals surface area contributed by atoms with Crippen molar-refractivity contribution < 1.29 is 14.7 Å². The summed E-state index contributed by atoms with van der Waals surface area (Å²) in [5, 5.41) is 8.75. The van der Waals surface area contributed by atoms with Gasteiger partial charge >= 0.3 is 5.97 Å². The molecule has 0 aliphatic carbocycles. The van der Waals surface area contributed by atoms with Crippen molar-refractivity contribution in [1.29, 1.82) is 0 Å². The highest BCUT2D eigenvalue weighted by atomic mass is 16.4. The highest BCUT2D eigenvalue weighted by Gasteiger charge is 2.12. The molecule has 3 heteroatoms. The van der Waals surface area contributed by atoms with Crippen LogP contribution in [0.3, 0.4) is 0 Å². The second kappa shape index (κ2) is 4.56. The molecule has 0 radical (unpaired) electrons. The third-order valence-corrected chi connectivity index (χ3v) is 2.17. The Morgan fingerprint density at radius 2 is 2.00 bits per heavy atom. The number of aliphatic carboxylic acids is 1. The van der Waals surface area contributed by atoms with E-state index in [4.69, 9.17) is 5.11 Å². The third kappa shape index (κ3) is 2.42. The molecular formula is C11H12O3. The molecule has 0 bridgehead atoms. The van der Waals surface area contributed by atoms with Gasteiger partial charge in [-0.25, -0.2) is 0 Å². The van der Waals surface area contributed by atoms with Gasteiger partial charge in [-0.15, -0.1) is 0 Å². The molecule has 1 N–H and O–H groups in total. The minimum atomic E-state index is -0.840. The monoisotopic (exact) mass is 192 g/mol. The molecule has 1 atom stereocenters. The maximum atomic E-state index is 10.7. The molecule has 0 saturated carbocycles. The summed E-state index contributed by atoms with van der Waals surface area (Å²) in [5.74, 6) is -1.34. The van der Waals surface area contributed by atoms with Crippen molar-refractivity contribution in [3.63, 3.8) is 0 Å². The zero-order valence-electron chi connectivity index (χ0n) is 7.93. The van der Waals surface area contributed by atoms with Gasteiger partial charge in [0.2, 0.25) is 0 Å². The second-order valence-corrected chi connectivity index (χ2v) is 3.17. The van der Waals surface area contributed by atoms with Crippen LogP contribution in [0.2, 0.25) is 0 Å². The van der Waals surface area contributed by atoms with Gasteiger partial charge in [0.15, 0.2) is 0 Å². The lowest BCUT2D eigenvalue weighted by atomic mass is 9.99. The van der Waals surface area contributed by atoms with Crippen LogP contribution in [-0.2, 0) is 16.0 Å². The van der Waals surface area contributed by atoms with Crippen molar-refractivity contribution in [2.45, 2.75) is 19.3 Å². The molecule has 1 aromatic carbocycles.